The minimum absolute atomic E-state index is 0.384. The fourth-order valence-corrected chi connectivity index (χ4v) is 2.65. The van der Waals surface area contributed by atoms with Crippen LogP contribution in [0.15, 0.2) is 24.3 Å². The smallest absolute Gasteiger partial charge is 0.0761 e. The number of rotatable bonds is 3. The van der Waals surface area contributed by atoms with Crippen molar-refractivity contribution >= 4 is 5.69 Å². The topological polar surface area (TPSA) is 26.7 Å². The zero-order chi connectivity index (χ0) is 13.1. The summed E-state index contributed by atoms with van der Waals surface area (Å²) in [4.78, 5) is 4.76. The van der Waals surface area contributed by atoms with E-state index >= 15 is 0 Å². The molecule has 1 heterocycles. The van der Waals surface area contributed by atoms with E-state index in [-0.39, 0.29) is 6.10 Å². The Kier molecular flexibility index (Phi) is 4.25. The van der Waals surface area contributed by atoms with Crippen molar-refractivity contribution in [3.05, 3.63) is 29.8 Å². The number of likely N-dealkylation sites (N-methyl/N-ethyl adjacent to an activating group) is 2. The Labute approximate surface area is 110 Å². The summed E-state index contributed by atoms with van der Waals surface area (Å²) in [5, 5.41) is 9.52. The molecule has 1 N–H and O–H groups in total. The van der Waals surface area contributed by atoms with Gasteiger partial charge in [-0.1, -0.05) is 12.1 Å². The standard InChI is InChI=1S/C15H24N2O/c1-12(18)13-6-8-14(9-7-13)17(3)15-5-4-10-16(2)11-15/h6-9,12,15,18H,4-5,10-11H2,1-3H3/t12-,15?/m0/s1. The fraction of sp³-hybridized carbons (Fsp3) is 0.600. The van der Waals surface area contributed by atoms with Crippen LogP contribution in [0.5, 0.6) is 0 Å². The van der Waals surface area contributed by atoms with Gasteiger partial charge in [0.05, 0.1) is 6.10 Å². The van der Waals surface area contributed by atoms with E-state index in [1.165, 1.54) is 25.1 Å². The second-order valence-electron chi connectivity index (χ2n) is 5.44. The molecule has 0 amide bonds. The summed E-state index contributed by atoms with van der Waals surface area (Å²) in [5.74, 6) is 0. The van der Waals surface area contributed by atoms with Gasteiger partial charge in [0.2, 0.25) is 0 Å². The summed E-state index contributed by atoms with van der Waals surface area (Å²) in [6.07, 6.45) is 2.15. The third-order valence-electron chi connectivity index (χ3n) is 3.93. The van der Waals surface area contributed by atoms with Crippen LogP contribution in [0.2, 0.25) is 0 Å². The van der Waals surface area contributed by atoms with E-state index in [9.17, 15) is 5.11 Å². The Hall–Kier alpha value is -1.06. The number of anilines is 1. The summed E-state index contributed by atoms with van der Waals surface area (Å²) in [6.45, 7) is 4.15. The molecule has 1 saturated heterocycles. The minimum Gasteiger partial charge on any atom is -0.389 e. The quantitative estimate of drug-likeness (QED) is 0.889. The molecule has 0 radical (unpaired) electrons. The normalized spacial score (nSPS) is 22.8. The average molecular weight is 248 g/mol. The number of hydrogen-bond acceptors (Lipinski definition) is 3. The molecule has 1 aromatic carbocycles. The number of nitrogens with zero attached hydrogens (tertiary/aromatic N) is 2. The number of aliphatic hydroxyl groups is 1. The molecule has 1 unspecified atom stereocenters. The van der Waals surface area contributed by atoms with E-state index in [2.05, 4.69) is 36.0 Å². The van der Waals surface area contributed by atoms with Gasteiger partial charge in [-0.15, -0.1) is 0 Å². The van der Waals surface area contributed by atoms with Crippen molar-refractivity contribution < 1.29 is 5.11 Å². The van der Waals surface area contributed by atoms with Gasteiger partial charge in [-0.05, 0) is 51.1 Å². The van der Waals surface area contributed by atoms with Crippen LogP contribution >= 0.6 is 0 Å². The molecule has 0 aliphatic carbocycles. The zero-order valence-electron chi connectivity index (χ0n) is 11.6. The lowest BCUT2D eigenvalue weighted by Crippen LogP contribution is -2.45. The lowest BCUT2D eigenvalue weighted by molar-refractivity contribution is 0.199. The second kappa shape index (κ2) is 5.72. The van der Waals surface area contributed by atoms with Gasteiger partial charge in [0.25, 0.3) is 0 Å². The van der Waals surface area contributed by atoms with Crippen molar-refractivity contribution in [2.45, 2.75) is 31.9 Å². The summed E-state index contributed by atoms with van der Waals surface area (Å²) >= 11 is 0. The molecule has 0 bridgehead atoms. The fourth-order valence-electron chi connectivity index (χ4n) is 2.65. The maximum Gasteiger partial charge on any atom is 0.0761 e. The van der Waals surface area contributed by atoms with Crippen LogP contribution in [-0.2, 0) is 0 Å². The number of piperidine rings is 1. The van der Waals surface area contributed by atoms with Gasteiger partial charge in [-0.25, -0.2) is 0 Å². The molecule has 0 aromatic heterocycles. The van der Waals surface area contributed by atoms with E-state index in [4.69, 9.17) is 0 Å². The first kappa shape index (κ1) is 13.4. The molecule has 100 valence electrons. The van der Waals surface area contributed by atoms with Crippen molar-refractivity contribution in [2.75, 3.05) is 32.1 Å². The van der Waals surface area contributed by atoms with Crippen molar-refractivity contribution in [3.8, 4) is 0 Å². The first-order valence-electron chi connectivity index (χ1n) is 6.77. The molecule has 3 nitrogen and oxygen atoms in total. The van der Waals surface area contributed by atoms with E-state index in [0.29, 0.717) is 6.04 Å². The number of benzene rings is 1. The molecule has 2 atom stereocenters. The number of aliphatic hydroxyl groups excluding tert-OH is 1. The molecular formula is C15H24N2O. The van der Waals surface area contributed by atoms with Crippen LogP contribution in [-0.4, -0.2) is 43.2 Å². The Morgan fingerprint density at radius 1 is 1.33 bits per heavy atom. The van der Waals surface area contributed by atoms with Crippen molar-refractivity contribution in [2.24, 2.45) is 0 Å². The predicted octanol–water partition coefficient (Wildman–Crippen LogP) is 2.27. The lowest BCUT2D eigenvalue weighted by atomic mass is 10.0. The largest absolute Gasteiger partial charge is 0.389 e. The highest BCUT2D eigenvalue weighted by atomic mass is 16.3. The van der Waals surface area contributed by atoms with Gasteiger partial charge >= 0.3 is 0 Å². The predicted molar refractivity (Wildman–Crippen MR) is 76.0 cm³/mol. The summed E-state index contributed by atoms with van der Waals surface area (Å²) in [7, 11) is 4.36. The van der Waals surface area contributed by atoms with Gasteiger partial charge < -0.3 is 14.9 Å². The van der Waals surface area contributed by atoms with Gasteiger partial charge in [0, 0.05) is 25.3 Å². The number of likely N-dealkylation sites (tertiary alicyclic amines) is 1. The summed E-state index contributed by atoms with van der Waals surface area (Å²) in [6, 6.07) is 8.85. The maximum absolute atomic E-state index is 9.52. The Morgan fingerprint density at radius 3 is 2.56 bits per heavy atom. The SMILES string of the molecule is C[C@H](O)c1ccc(N(C)C2CCCN(C)C2)cc1. The van der Waals surface area contributed by atoms with Crippen LogP contribution < -0.4 is 4.90 Å². The van der Waals surface area contributed by atoms with E-state index in [0.717, 1.165) is 12.1 Å². The lowest BCUT2D eigenvalue weighted by Gasteiger charge is -2.37. The Balaban J connectivity index is 2.05. The molecule has 3 heteroatoms. The third-order valence-corrected chi connectivity index (χ3v) is 3.93. The van der Waals surface area contributed by atoms with Crippen molar-refractivity contribution in [1.82, 2.24) is 4.90 Å². The van der Waals surface area contributed by atoms with E-state index in [1.807, 2.05) is 12.1 Å². The minimum atomic E-state index is -0.384. The van der Waals surface area contributed by atoms with Crippen LogP contribution in [0.1, 0.15) is 31.4 Å². The molecule has 1 aliphatic rings. The number of hydrogen-bond donors (Lipinski definition) is 1. The first-order chi connectivity index (χ1) is 8.58. The molecule has 0 saturated carbocycles. The highest BCUT2D eigenvalue weighted by Gasteiger charge is 2.21. The van der Waals surface area contributed by atoms with Crippen molar-refractivity contribution in [3.63, 3.8) is 0 Å². The monoisotopic (exact) mass is 248 g/mol. The highest BCUT2D eigenvalue weighted by molar-refractivity contribution is 5.48. The molecule has 2 rings (SSSR count). The third kappa shape index (κ3) is 3.03. The van der Waals surface area contributed by atoms with Gasteiger partial charge in [0.15, 0.2) is 0 Å². The Morgan fingerprint density at radius 2 is 2.00 bits per heavy atom. The molecular weight excluding hydrogens is 224 g/mol. The first-order valence-corrected chi connectivity index (χ1v) is 6.77. The van der Waals surface area contributed by atoms with Crippen LogP contribution in [0.3, 0.4) is 0 Å². The van der Waals surface area contributed by atoms with E-state index < -0.39 is 0 Å². The molecule has 1 fully saturated rings. The van der Waals surface area contributed by atoms with Crippen LogP contribution in [0.25, 0.3) is 0 Å². The van der Waals surface area contributed by atoms with Crippen molar-refractivity contribution in [1.29, 1.82) is 0 Å². The average Bonchev–Trinajstić information content (AvgIpc) is 2.38. The van der Waals surface area contributed by atoms with Crippen LogP contribution in [0.4, 0.5) is 5.69 Å². The van der Waals surface area contributed by atoms with Gasteiger partial charge in [-0.2, -0.15) is 0 Å². The maximum atomic E-state index is 9.52. The summed E-state index contributed by atoms with van der Waals surface area (Å²) in [5.41, 5.74) is 2.22. The van der Waals surface area contributed by atoms with Crippen LogP contribution in [0, 0.1) is 0 Å². The van der Waals surface area contributed by atoms with Gasteiger partial charge in [0.1, 0.15) is 0 Å². The molecule has 1 aliphatic heterocycles. The summed E-state index contributed by atoms with van der Waals surface area (Å²) < 4.78 is 0. The Bertz CT molecular complexity index is 375. The second-order valence-corrected chi connectivity index (χ2v) is 5.44. The zero-order valence-corrected chi connectivity index (χ0v) is 11.6. The van der Waals surface area contributed by atoms with Gasteiger partial charge in [-0.3, -0.25) is 0 Å². The highest BCUT2D eigenvalue weighted by Crippen LogP contribution is 2.23. The molecule has 18 heavy (non-hydrogen) atoms. The molecule has 1 aromatic rings. The molecule has 0 spiro atoms. The van der Waals surface area contributed by atoms with E-state index in [1.54, 1.807) is 6.92 Å².